The predicted octanol–water partition coefficient (Wildman–Crippen LogP) is 4.42. The summed E-state index contributed by atoms with van der Waals surface area (Å²) < 4.78 is 1.29. The van der Waals surface area contributed by atoms with Crippen molar-refractivity contribution in [1.29, 1.82) is 0 Å². The van der Waals surface area contributed by atoms with Crippen LogP contribution in [0.15, 0.2) is 23.6 Å². The Kier molecular flexibility index (Phi) is 2.82. The fourth-order valence-corrected chi connectivity index (χ4v) is 3.35. The Bertz CT molecular complexity index is 420. The highest BCUT2D eigenvalue weighted by Gasteiger charge is 2.06. The van der Waals surface area contributed by atoms with E-state index in [0.29, 0.717) is 0 Å². The summed E-state index contributed by atoms with van der Waals surface area (Å²) in [5, 5.41) is 4.32. The van der Waals surface area contributed by atoms with Crippen LogP contribution in [0.2, 0.25) is 5.02 Å². The van der Waals surface area contributed by atoms with E-state index in [4.69, 9.17) is 11.6 Å². The van der Waals surface area contributed by atoms with Gasteiger partial charge in [-0.3, -0.25) is 0 Å². The van der Waals surface area contributed by atoms with Crippen LogP contribution in [0.4, 0.5) is 0 Å². The molecule has 0 unspecified atom stereocenters. The monoisotopic (exact) mass is 228 g/mol. The summed E-state index contributed by atoms with van der Waals surface area (Å²) in [6, 6.07) is 6.08. The SMILES string of the molecule is CSCc1csc2cccc(Cl)c12. The standard InChI is InChI=1S/C10H9ClS2/c1-12-5-7-6-13-9-4-2-3-8(11)10(7)9/h2-4,6H,5H2,1H3. The summed E-state index contributed by atoms with van der Waals surface area (Å²) >= 11 is 9.74. The van der Waals surface area contributed by atoms with Gasteiger partial charge in [-0.25, -0.2) is 0 Å². The highest BCUT2D eigenvalue weighted by molar-refractivity contribution is 7.97. The van der Waals surface area contributed by atoms with E-state index in [1.807, 2.05) is 23.9 Å². The Morgan fingerprint density at radius 2 is 2.31 bits per heavy atom. The lowest BCUT2D eigenvalue weighted by molar-refractivity contribution is 1.52. The van der Waals surface area contributed by atoms with E-state index in [2.05, 4.69) is 17.7 Å². The van der Waals surface area contributed by atoms with E-state index in [1.54, 1.807) is 11.3 Å². The molecule has 0 aliphatic carbocycles. The van der Waals surface area contributed by atoms with Crippen LogP contribution in [-0.2, 0) is 5.75 Å². The van der Waals surface area contributed by atoms with E-state index in [1.165, 1.54) is 15.6 Å². The third-order valence-corrected chi connectivity index (χ3v) is 3.84. The van der Waals surface area contributed by atoms with Gasteiger partial charge in [0.05, 0.1) is 0 Å². The number of rotatable bonds is 2. The van der Waals surface area contributed by atoms with Crippen LogP contribution in [0.25, 0.3) is 10.1 Å². The van der Waals surface area contributed by atoms with E-state index in [0.717, 1.165) is 10.8 Å². The minimum atomic E-state index is 0.878. The molecule has 1 heterocycles. The first kappa shape index (κ1) is 9.38. The Balaban J connectivity index is 2.64. The van der Waals surface area contributed by atoms with Gasteiger partial charge in [-0.05, 0) is 29.3 Å². The minimum Gasteiger partial charge on any atom is -0.161 e. The van der Waals surface area contributed by atoms with Crippen LogP contribution in [-0.4, -0.2) is 6.26 Å². The number of halogens is 1. The molecule has 3 heteroatoms. The van der Waals surface area contributed by atoms with Crippen molar-refractivity contribution < 1.29 is 0 Å². The van der Waals surface area contributed by atoms with Crippen molar-refractivity contribution in [3.05, 3.63) is 34.2 Å². The minimum absolute atomic E-state index is 0.878. The molecular weight excluding hydrogens is 220 g/mol. The van der Waals surface area contributed by atoms with Gasteiger partial charge in [0.2, 0.25) is 0 Å². The molecular formula is C10H9ClS2. The van der Waals surface area contributed by atoms with Crippen molar-refractivity contribution in [3.8, 4) is 0 Å². The van der Waals surface area contributed by atoms with Crippen LogP contribution in [0.5, 0.6) is 0 Å². The van der Waals surface area contributed by atoms with E-state index < -0.39 is 0 Å². The molecule has 0 N–H and O–H groups in total. The van der Waals surface area contributed by atoms with Crippen LogP contribution >= 0.6 is 34.7 Å². The summed E-state index contributed by atoms with van der Waals surface area (Å²) in [4.78, 5) is 0. The fraction of sp³-hybridized carbons (Fsp3) is 0.200. The fourth-order valence-electron chi connectivity index (χ4n) is 1.37. The number of thioether (sulfide) groups is 1. The molecule has 13 heavy (non-hydrogen) atoms. The highest BCUT2D eigenvalue weighted by atomic mass is 35.5. The lowest BCUT2D eigenvalue weighted by Crippen LogP contribution is -1.76. The van der Waals surface area contributed by atoms with Crippen molar-refractivity contribution in [1.82, 2.24) is 0 Å². The zero-order chi connectivity index (χ0) is 9.26. The molecule has 0 aliphatic heterocycles. The lowest BCUT2D eigenvalue weighted by atomic mass is 10.2. The summed E-state index contributed by atoms with van der Waals surface area (Å²) in [5.41, 5.74) is 1.36. The van der Waals surface area contributed by atoms with Gasteiger partial charge in [0.25, 0.3) is 0 Å². The topological polar surface area (TPSA) is 0 Å². The second kappa shape index (κ2) is 3.91. The molecule has 0 spiro atoms. The maximum Gasteiger partial charge on any atom is 0.0495 e. The molecule has 0 saturated carbocycles. The van der Waals surface area contributed by atoms with Gasteiger partial charge in [0, 0.05) is 20.9 Å². The maximum atomic E-state index is 6.14. The molecule has 2 aromatic rings. The first-order valence-electron chi connectivity index (χ1n) is 3.96. The Labute approximate surface area is 90.9 Å². The van der Waals surface area contributed by atoms with Gasteiger partial charge in [0.15, 0.2) is 0 Å². The van der Waals surface area contributed by atoms with Crippen LogP contribution < -0.4 is 0 Å². The molecule has 0 amide bonds. The third kappa shape index (κ3) is 1.71. The van der Waals surface area contributed by atoms with Crippen molar-refractivity contribution in [3.63, 3.8) is 0 Å². The average molecular weight is 229 g/mol. The molecule has 0 saturated heterocycles. The number of benzene rings is 1. The summed E-state index contributed by atoms with van der Waals surface area (Å²) in [6.45, 7) is 0. The first-order chi connectivity index (χ1) is 6.33. The molecule has 0 aliphatic rings. The largest absolute Gasteiger partial charge is 0.161 e. The van der Waals surface area contributed by atoms with Crippen LogP contribution in [0, 0.1) is 0 Å². The van der Waals surface area contributed by atoms with Crippen molar-refractivity contribution >= 4 is 44.8 Å². The average Bonchev–Trinajstić information content (AvgIpc) is 2.51. The Hall–Kier alpha value is -0.180. The van der Waals surface area contributed by atoms with Gasteiger partial charge in [-0.1, -0.05) is 17.7 Å². The van der Waals surface area contributed by atoms with Crippen molar-refractivity contribution in [2.24, 2.45) is 0 Å². The Morgan fingerprint density at radius 3 is 3.08 bits per heavy atom. The zero-order valence-electron chi connectivity index (χ0n) is 7.21. The van der Waals surface area contributed by atoms with Crippen LogP contribution in [0.1, 0.15) is 5.56 Å². The number of thiophene rings is 1. The zero-order valence-corrected chi connectivity index (χ0v) is 9.60. The lowest BCUT2D eigenvalue weighted by Gasteiger charge is -1.97. The van der Waals surface area contributed by atoms with E-state index >= 15 is 0 Å². The molecule has 0 bridgehead atoms. The summed E-state index contributed by atoms with van der Waals surface area (Å²) in [6.07, 6.45) is 2.11. The number of hydrogen-bond acceptors (Lipinski definition) is 2. The van der Waals surface area contributed by atoms with Gasteiger partial charge in [0.1, 0.15) is 0 Å². The van der Waals surface area contributed by atoms with E-state index in [9.17, 15) is 0 Å². The molecule has 68 valence electrons. The number of hydrogen-bond donors (Lipinski definition) is 0. The summed E-state index contributed by atoms with van der Waals surface area (Å²) in [7, 11) is 0. The smallest absolute Gasteiger partial charge is 0.0495 e. The summed E-state index contributed by atoms with van der Waals surface area (Å²) in [5.74, 6) is 1.05. The Morgan fingerprint density at radius 1 is 1.46 bits per heavy atom. The first-order valence-corrected chi connectivity index (χ1v) is 6.61. The van der Waals surface area contributed by atoms with E-state index in [-0.39, 0.29) is 0 Å². The molecule has 0 nitrogen and oxygen atoms in total. The normalized spacial score (nSPS) is 10.9. The second-order valence-electron chi connectivity index (χ2n) is 2.81. The third-order valence-electron chi connectivity index (χ3n) is 1.92. The second-order valence-corrected chi connectivity index (χ2v) is 4.99. The highest BCUT2D eigenvalue weighted by Crippen LogP contribution is 2.33. The van der Waals surface area contributed by atoms with Crippen molar-refractivity contribution in [2.75, 3.05) is 6.26 Å². The van der Waals surface area contributed by atoms with Gasteiger partial charge < -0.3 is 0 Å². The van der Waals surface area contributed by atoms with Crippen molar-refractivity contribution in [2.45, 2.75) is 5.75 Å². The molecule has 0 radical (unpaired) electrons. The molecule has 0 atom stereocenters. The quantitative estimate of drug-likeness (QED) is 0.734. The number of fused-ring (bicyclic) bond motifs is 1. The maximum absolute atomic E-state index is 6.14. The van der Waals surface area contributed by atoms with Crippen LogP contribution in [0.3, 0.4) is 0 Å². The van der Waals surface area contributed by atoms with Gasteiger partial charge in [-0.15, -0.1) is 11.3 Å². The molecule has 1 aromatic carbocycles. The van der Waals surface area contributed by atoms with Gasteiger partial charge in [-0.2, -0.15) is 11.8 Å². The molecule has 1 aromatic heterocycles. The predicted molar refractivity (Wildman–Crippen MR) is 64.1 cm³/mol. The van der Waals surface area contributed by atoms with Gasteiger partial charge >= 0.3 is 0 Å². The molecule has 2 rings (SSSR count). The molecule has 0 fully saturated rings.